The molecule has 2 N–H and O–H groups in total. The normalized spacial score (nSPS) is 27.0. The molecule has 2 heterocycles. The fraction of sp³-hybridized carbons (Fsp3) is 0.667. The summed E-state index contributed by atoms with van der Waals surface area (Å²) >= 11 is 0. The minimum Gasteiger partial charge on any atom is -0.480 e. The van der Waals surface area contributed by atoms with Crippen LogP contribution in [0.4, 0.5) is 5.95 Å². The van der Waals surface area contributed by atoms with Gasteiger partial charge in [-0.05, 0) is 31.8 Å². The van der Waals surface area contributed by atoms with Crippen LogP contribution in [0.1, 0.15) is 5.56 Å². The number of anilines is 1. The summed E-state index contributed by atoms with van der Waals surface area (Å²) in [4.78, 5) is 23.5. The zero-order valence-electron chi connectivity index (χ0n) is 13.1. The summed E-state index contributed by atoms with van der Waals surface area (Å²) in [5.74, 6) is 2.04. The van der Waals surface area contributed by atoms with Gasteiger partial charge in [-0.3, -0.25) is 9.69 Å². The average molecular weight is 305 g/mol. The second-order valence-corrected chi connectivity index (χ2v) is 6.61. The van der Waals surface area contributed by atoms with E-state index in [0.29, 0.717) is 5.95 Å². The lowest BCUT2D eigenvalue weighted by Gasteiger charge is -2.20. The molecule has 0 radical (unpaired) electrons. The molecule has 2 fully saturated rings. The van der Waals surface area contributed by atoms with Gasteiger partial charge in [-0.25, -0.2) is 9.97 Å². The lowest BCUT2D eigenvalue weighted by molar-refractivity contribution is -0.134. The zero-order valence-corrected chi connectivity index (χ0v) is 13.1. The van der Waals surface area contributed by atoms with Crippen molar-refractivity contribution in [3.63, 3.8) is 0 Å². The fourth-order valence-electron chi connectivity index (χ4n) is 3.50. The Morgan fingerprint density at radius 3 is 2.55 bits per heavy atom. The van der Waals surface area contributed by atoms with E-state index in [0.717, 1.165) is 29.9 Å². The Bertz CT molecular complexity index is 521. The van der Waals surface area contributed by atoms with Crippen molar-refractivity contribution >= 4 is 11.9 Å². The highest BCUT2D eigenvalue weighted by molar-refractivity contribution is 5.71. The molecule has 0 spiro atoms. The van der Waals surface area contributed by atoms with Crippen molar-refractivity contribution in [1.82, 2.24) is 19.8 Å². The maximum atomic E-state index is 10.5. The van der Waals surface area contributed by atoms with Crippen LogP contribution < -0.4 is 5.32 Å². The molecule has 1 saturated carbocycles. The van der Waals surface area contributed by atoms with Crippen molar-refractivity contribution in [3.8, 4) is 0 Å². The summed E-state index contributed by atoms with van der Waals surface area (Å²) < 4.78 is 0. The van der Waals surface area contributed by atoms with Crippen molar-refractivity contribution in [2.24, 2.45) is 17.8 Å². The summed E-state index contributed by atoms with van der Waals surface area (Å²) in [7, 11) is 4.28. The van der Waals surface area contributed by atoms with Gasteiger partial charge in [-0.15, -0.1) is 0 Å². The molecule has 1 aromatic heterocycles. The molecular formula is C15H23N5O2. The number of aliphatic carboxylic acids is 1. The van der Waals surface area contributed by atoms with E-state index in [2.05, 4.69) is 39.2 Å². The van der Waals surface area contributed by atoms with E-state index in [4.69, 9.17) is 5.11 Å². The molecule has 7 heteroatoms. The SMILES string of the molecule is CN(C)CC1[C@H]2CN(Cc3cnc(NCC(=O)O)nc3)C[C@@H]12. The molecule has 120 valence electrons. The first-order valence-corrected chi connectivity index (χ1v) is 7.66. The van der Waals surface area contributed by atoms with Gasteiger partial charge < -0.3 is 15.3 Å². The number of nitrogens with zero attached hydrogens (tertiary/aromatic N) is 4. The van der Waals surface area contributed by atoms with Crippen molar-refractivity contribution in [2.45, 2.75) is 6.54 Å². The van der Waals surface area contributed by atoms with Gasteiger partial charge in [-0.1, -0.05) is 0 Å². The van der Waals surface area contributed by atoms with Crippen LogP contribution in [0.3, 0.4) is 0 Å². The first-order chi connectivity index (χ1) is 10.5. The van der Waals surface area contributed by atoms with Gasteiger partial charge in [0.05, 0.1) is 0 Å². The molecule has 22 heavy (non-hydrogen) atoms. The van der Waals surface area contributed by atoms with Crippen LogP contribution in [0.2, 0.25) is 0 Å². The van der Waals surface area contributed by atoms with Gasteiger partial charge in [0.15, 0.2) is 0 Å². The number of hydrogen-bond acceptors (Lipinski definition) is 6. The van der Waals surface area contributed by atoms with Crippen LogP contribution in [0.25, 0.3) is 0 Å². The number of rotatable bonds is 7. The monoisotopic (exact) mass is 305 g/mol. The summed E-state index contributed by atoms with van der Waals surface area (Å²) in [5.41, 5.74) is 1.08. The second kappa shape index (κ2) is 6.18. The Balaban J connectivity index is 1.44. The number of piperidine rings is 1. The highest BCUT2D eigenvalue weighted by Crippen LogP contribution is 2.51. The minimum absolute atomic E-state index is 0.165. The minimum atomic E-state index is -0.920. The maximum Gasteiger partial charge on any atom is 0.322 e. The predicted octanol–water partition coefficient (Wildman–Crippen LogP) is 0.213. The van der Waals surface area contributed by atoms with Crippen LogP contribution >= 0.6 is 0 Å². The molecule has 0 aromatic carbocycles. The number of carboxylic acid groups (broad SMARTS) is 1. The number of aromatic nitrogens is 2. The van der Waals surface area contributed by atoms with Gasteiger partial charge in [0, 0.05) is 44.1 Å². The van der Waals surface area contributed by atoms with Gasteiger partial charge >= 0.3 is 5.97 Å². The van der Waals surface area contributed by atoms with E-state index in [1.54, 1.807) is 12.4 Å². The van der Waals surface area contributed by atoms with E-state index in [1.165, 1.54) is 19.6 Å². The summed E-state index contributed by atoms with van der Waals surface area (Å²) in [6, 6.07) is 0. The first kappa shape index (κ1) is 15.2. The van der Waals surface area contributed by atoms with Crippen LogP contribution in [-0.4, -0.2) is 71.1 Å². The second-order valence-electron chi connectivity index (χ2n) is 6.61. The Kier molecular flexibility index (Phi) is 4.26. The Morgan fingerprint density at radius 1 is 1.36 bits per heavy atom. The number of hydrogen-bond donors (Lipinski definition) is 2. The Morgan fingerprint density at radius 2 is 2.00 bits per heavy atom. The van der Waals surface area contributed by atoms with Crippen LogP contribution in [-0.2, 0) is 11.3 Å². The highest BCUT2D eigenvalue weighted by Gasteiger charge is 2.54. The van der Waals surface area contributed by atoms with Crippen LogP contribution in [0.15, 0.2) is 12.4 Å². The van der Waals surface area contributed by atoms with E-state index >= 15 is 0 Å². The Hall–Kier alpha value is -1.73. The van der Waals surface area contributed by atoms with E-state index in [9.17, 15) is 4.79 Å². The standard InChI is InChI=1S/C15H23N5O2/c1-19(2)7-11-12-8-20(9-13(11)12)6-10-3-16-15(17-4-10)18-5-14(21)22/h3-4,11-13H,5-9H2,1-2H3,(H,21,22)(H,16,17,18)/t11?,12-,13+. The van der Waals surface area contributed by atoms with Crippen molar-refractivity contribution in [1.29, 1.82) is 0 Å². The van der Waals surface area contributed by atoms with Crippen LogP contribution in [0.5, 0.6) is 0 Å². The van der Waals surface area contributed by atoms with Crippen molar-refractivity contribution in [2.75, 3.05) is 45.6 Å². The van der Waals surface area contributed by atoms with Crippen molar-refractivity contribution < 1.29 is 9.90 Å². The number of fused-ring (bicyclic) bond motifs is 1. The summed E-state index contributed by atoms with van der Waals surface area (Å²) in [6.45, 7) is 4.25. The largest absolute Gasteiger partial charge is 0.480 e. The Labute approximate surface area is 130 Å². The number of carbonyl (C=O) groups is 1. The predicted molar refractivity (Wildman–Crippen MR) is 82.5 cm³/mol. The molecule has 1 unspecified atom stereocenters. The average Bonchev–Trinajstić information content (AvgIpc) is 2.91. The molecule has 7 nitrogen and oxygen atoms in total. The highest BCUT2D eigenvalue weighted by atomic mass is 16.4. The third kappa shape index (κ3) is 3.53. The lowest BCUT2D eigenvalue weighted by atomic mass is 10.2. The van der Waals surface area contributed by atoms with E-state index in [-0.39, 0.29) is 6.54 Å². The van der Waals surface area contributed by atoms with Crippen LogP contribution in [0, 0.1) is 17.8 Å². The summed E-state index contributed by atoms with van der Waals surface area (Å²) in [6.07, 6.45) is 3.55. The number of carboxylic acids is 1. The lowest BCUT2D eigenvalue weighted by Crippen LogP contribution is -2.27. The third-order valence-electron chi connectivity index (χ3n) is 4.53. The van der Waals surface area contributed by atoms with E-state index in [1.807, 2.05) is 0 Å². The van der Waals surface area contributed by atoms with Gasteiger partial charge in [0.25, 0.3) is 0 Å². The van der Waals surface area contributed by atoms with Gasteiger partial charge in [-0.2, -0.15) is 0 Å². The smallest absolute Gasteiger partial charge is 0.322 e. The quantitative estimate of drug-likeness (QED) is 0.745. The molecule has 1 aliphatic carbocycles. The van der Waals surface area contributed by atoms with Crippen molar-refractivity contribution in [3.05, 3.63) is 18.0 Å². The van der Waals surface area contributed by atoms with Gasteiger partial charge in [0.1, 0.15) is 6.54 Å². The molecule has 0 bridgehead atoms. The van der Waals surface area contributed by atoms with E-state index < -0.39 is 5.97 Å². The topological polar surface area (TPSA) is 81.6 Å². The third-order valence-corrected chi connectivity index (χ3v) is 4.53. The number of nitrogens with one attached hydrogen (secondary N) is 1. The number of likely N-dealkylation sites (tertiary alicyclic amines) is 1. The molecule has 2 aliphatic rings. The fourth-order valence-corrected chi connectivity index (χ4v) is 3.50. The van der Waals surface area contributed by atoms with Gasteiger partial charge in [0.2, 0.25) is 5.95 Å². The molecule has 1 saturated heterocycles. The molecule has 3 rings (SSSR count). The maximum absolute atomic E-state index is 10.5. The zero-order chi connectivity index (χ0) is 15.7. The molecular weight excluding hydrogens is 282 g/mol. The molecule has 3 atom stereocenters. The molecule has 1 aliphatic heterocycles. The first-order valence-electron chi connectivity index (χ1n) is 7.66. The summed E-state index contributed by atoms with van der Waals surface area (Å²) in [5, 5.41) is 11.3. The molecule has 0 amide bonds. The molecule has 1 aromatic rings.